The molecule has 2 aromatic rings. The van der Waals surface area contributed by atoms with Crippen molar-refractivity contribution in [3.8, 4) is 0 Å². The first-order valence-corrected chi connectivity index (χ1v) is 6.31. The summed E-state index contributed by atoms with van der Waals surface area (Å²) in [5.74, 6) is 0. The van der Waals surface area contributed by atoms with Crippen molar-refractivity contribution in [1.29, 1.82) is 0 Å². The summed E-state index contributed by atoms with van der Waals surface area (Å²) in [6.45, 7) is 1.12. The predicted molar refractivity (Wildman–Crippen MR) is 75.6 cm³/mol. The maximum Gasteiger partial charge on any atom is 0.0743 e. The van der Waals surface area contributed by atoms with Crippen LogP contribution in [0.4, 0.5) is 11.4 Å². The number of para-hydroxylation sites is 1. The van der Waals surface area contributed by atoms with Gasteiger partial charge in [0.15, 0.2) is 0 Å². The number of rotatable bonds is 6. The smallest absolute Gasteiger partial charge is 0.0743 e. The van der Waals surface area contributed by atoms with Crippen LogP contribution in [0.1, 0.15) is 19.3 Å². The topological polar surface area (TPSA) is 71.2 Å². The lowest BCUT2D eigenvalue weighted by atomic mass is 10.1. The van der Waals surface area contributed by atoms with Gasteiger partial charge in [-0.1, -0.05) is 18.2 Å². The normalized spacial score (nSPS) is 10.7. The van der Waals surface area contributed by atoms with Crippen molar-refractivity contribution in [1.82, 2.24) is 4.98 Å². The highest BCUT2D eigenvalue weighted by molar-refractivity contribution is 5.96. The van der Waals surface area contributed by atoms with Crippen molar-refractivity contribution in [2.45, 2.75) is 19.3 Å². The van der Waals surface area contributed by atoms with Gasteiger partial charge in [0.25, 0.3) is 0 Å². The first-order chi connectivity index (χ1) is 8.83. The van der Waals surface area contributed by atoms with Gasteiger partial charge in [-0.3, -0.25) is 4.98 Å². The van der Waals surface area contributed by atoms with Gasteiger partial charge in [-0.05, 0) is 25.3 Å². The molecule has 0 unspecified atom stereocenters. The van der Waals surface area contributed by atoms with Crippen LogP contribution in [-0.2, 0) is 0 Å². The van der Waals surface area contributed by atoms with Gasteiger partial charge in [-0.2, -0.15) is 0 Å². The Bertz CT molecular complexity index is 513. The van der Waals surface area contributed by atoms with E-state index in [0.29, 0.717) is 5.69 Å². The summed E-state index contributed by atoms with van der Waals surface area (Å²) >= 11 is 0. The van der Waals surface area contributed by atoms with Crippen LogP contribution < -0.4 is 11.1 Å². The number of hydrogen-bond donors (Lipinski definition) is 3. The summed E-state index contributed by atoms with van der Waals surface area (Å²) in [4.78, 5) is 4.30. The third kappa shape index (κ3) is 2.90. The third-order valence-electron chi connectivity index (χ3n) is 2.94. The molecule has 1 aromatic heterocycles. The minimum absolute atomic E-state index is 0.264. The van der Waals surface area contributed by atoms with E-state index in [-0.39, 0.29) is 6.61 Å². The number of aliphatic hydroxyl groups is 1. The van der Waals surface area contributed by atoms with E-state index in [0.717, 1.165) is 42.4 Å². The molecule has 0 bridgehead atoms. The summed E-state index contributed by atoms with van der Waals surface area (Å²) < 4.78 is 0. The van der Waals surface area contributed by atoms with Crippen molar-refractivity contribution in [2.75, 3.05) is 24.2 Å². The van der Waals surface area contributed by atoms with Crippen LogP contribution in [0.5, 0.6) is 0 Å². The number of unbranched alkanes of at least 4 members (excludes halogenated alkanes) is 2. The Morgan fingerprint density at radius 2 is 2.00 bits per heavy atom. The van der Waals surface area contributed by atoms with Gasteiger partial charge in [-0.15, -0.1) is 0 Å². The van der Waals surface area contributed by atoms with Gasteiger partial charge < -0.3 is 16.2 Å². The van der Waals surface area contributed by atoms with Crippen molar-refractivity contribution in [2.24, 2.45) is 0 Å². The van der Waals surface area contributed by atoms with Crippen LogP contribution in [0.2, 0.25) is 0 Å². The summed E-state index contributed by atoms with van der Waals surface area (Å²) in [6, 6.07) is 7.96. The molecule has 0 aliphatic rings. The van der Waals surface area contributed by atoms with Gasteiger partial charge >= 0.3 is 0 Å². The highest BCUT2D eigenvalue weighted by Gasteiger charge is 2.05. The van der Waals surface area contributed by atoms with Gasteiger partial charge in [0.2, 0.25) is 0 Å². The maximum atomic E-state index is 8.72. The third-order valence-corrected chi connectivity index (χ3v) is 2.94. The highest BCUT2D eigenvalue weighted by atomic mass is 16.2. The van der Waals surface area contributed by atoms with Gasteiger partial charge in [-0.25, -0.2) is 0 Å². The number of pyridine rings is 1. The second-order valence-corrected chi connectivity index (χ2v) is 4.32. The number of hydrogen-bond acceptors (Lipinski definition) is 4. The second-order valence-electron chi connectivity index (χ2n) is 4.32. The van der Waals surface area contributed by atoms with Crippen LogP contribution in [0.3, 0.4) is 0 Å². The number of nitrogen functional groups attached to an aromatic ring is 1. The van der Waals surface area contributed by atoms with E-state index < -0.39 is 0 Å². The molecule has 0 saturated carbocycles. The van der Waals surface area contributed by atoms with Crippen LogP contribution >= 0.6 is 0 Å². The van der Waals surface area contributed by atoms with E-state index >= 15 is 0 Å². The molecule has 18 heavy (non-hydrogen) atoms. The molecule has 0 saturated heterocycles. The van der Waals surface area contributed by atoms with Crippen LogP contribution in [0.15, 0.2) is 30.5 Å². The number of aromatic nitrogens is 1. The SMILES string of the molecule is Nc1cnc2ccccc2c1NCCCCCO. The summed E-state index contributed by atoms with van der Waals surface area (Å²) in [7, 11) is 0. The zero-order chi connectivity index (χ0) is 12.8. The Hall–Kier alpha value is -1.81. The monoisotopic (exact) mass is 245 g/mol. The van der Waals surface area contributed by atoms with E-state index in [1.807, 2.05) is 24.3 Å². The number of aliphatic hydroxyl groups excluding tert-OH is 1. The van der Waals surface area contributed by atoms with Crippen molar-refractivity contribution >= 4 is 22.3 Å². The first kappa shape index (κ1) is 12.6. The molecule has 96 valence electrons. The molecule has 0 atom stereocenters. The lowest BCUT2D eigenvalue weighted by Gasteiger charge is -2.11. The molecular formula is C14H19N3O. The molecule has 0 aliphatic heterocycles. The number of nitrogens with two attached hydrogens (primary N) is 1. The zero-order valence-corrected chi connectivity index (χ0v) is 10.4. The van der Waals surface area contributed by atoms with Crippen molar-refractivity contribution in [3.05, 3.63) is 30.5 Å². The molecule has 1 aromatic carbocycles. The van der Waals surface area contributed by atoms with Crippen molar-refractivity contribution in [3.63, 3.8) is 0 Å². The second kappa shape index (κ2) is 6.21. The summed E-state index contributed by atoms with van der Waals surface area (Å²) in [5, 5.41) is 13.1. The minimum Gasteiger partial charge on any atom is -0.396 e. The fourth-order valence-electron chi connectivity index (χ4n) is 1.98. The van der Waals surface area contributed by atoms with E-state index in [4.69, 9.17) is 10.8 Å². The number of fused-ring (bicyclic) bond motifs is 1. The van der Waals surface area contributed by atoms with E-state index in [9.17, 15) is 0 Å². The van der Waals surface area contributed by atoms with Crippen LogP contribution in [0, 0.1) is 0 Å². The fraction of sp³-hybridized carbons (Fsp3) is 0.357. The molecule has 0 amide bonds. The molecule has 2 rings (SSSR count). The number of nitrogens with zero attached hydrogens (tertiary/aromatic N) is 1. The highest BCUT2D eigenvalue weighted by Crippen LogP contribution is 2.27. The average molecular weight is 245 g/mol. The lowest BCUT2D eigenvalue weighted by molar-refractivity contribution is 0.283. The number of anilines is 2. The molecule has 4 heteroatoms. The van der Waals surface area contributed by atoms with Gasteiger partial charge in [0.05, 0.1) is 23.1 Å². The quantitative estimate of drug-likeness (QED) is 0.683. The Labute approximate surface area is 107 Å². The Morgan fingerprint density at radius 1 is 1.17 bits per heavy atom. The molecule has 0 radical (unpaired) electrons. The minimum atomic E-state index is 0.264. The molecule has 4 nitrogen and oxygen atoms in total. The summed E-state index contributed by atoms with van der Waals surface area (Å²) in [6.07, 6.45) is 4.59. The van der Waals surface area contributed by atoms with Gasteiger partial charge in [0, 0.05) is 18.5 Å². The molecule has 0 spiro atoms. The molecule has 4 N–H and O–H groups in total. The molecular weight excluding hydrogens is 226 g/mol. The van der Waals surface area contributed by atoms with E-state index in [2.05, 4.69) is 10.3 Å². The van der Waals surface area contributed by atoms with Crippen LogP contribution in [0.25, 0.3) is 10.9 Å². The number of nitrogens with one attached hydrogen (secondary N) is 1. The first-order valence-electron chi connectivity index (χ1n) is 6.31. The largest absolute Gasteiger partial charge is 0.396 e. The predicted octanol–water partition coefficient (Wildman–Crippen LogP) is 2.39. The Kier molecular flexibility index (Phi) is 4.36. The van der Waals surface area contributed by atoms with E-state index in [1.54, 1.807) is 6.20 Å². The maximum absolute atomic E-state index is 8.72. The van der Waals surface area contributed by atoms with Crippen molar-refractivity contribution < 1.29 is 5.11 Å². The fourth-order valence-corrected chi connectivity index (χ4v) is 1.98. The summed E-state index contributed by atoms with van der Waals surface area (Å²) in [5.41, 5.74) is 8.55. The van der Waals surface area contributed by atoms with E-state index in [1.165, 1.54) is 0 Å². The number of benzene rings is 1. The standard InChI is InChI=1S/C14H19N3O/c15-12-10-17-13-7-3-2-6-11(13)14(12)16-8-4-1-5-9-18/h2-3,6-7,10,18H,1,4-5,8-9,15H2,(H,16,17). The average Bonchev–Trinajstić information content (AvgIpc) is 2.41. The Balaban J connectivity index is 2.09. The molecule has 1 heterocycles. The molecule has 0 fully saturated rings. The Morgan fingerprint density at radius 3 is 2.83 bits per heavy atom. The zero-order valence-electron chi connectivity index (χ0n) is 10.4. The van der Waals surface area contributed by atoms with Gasteiger partial charge in [0.1, 0.15) is 0 Å². The molecule has 0 aliphatic carbocycles. The lowest BCUT2D eigenvalue weighted by Crippen LogP contribution is -2.05. The van der Waals surface area contributed by atoms with Crippen LogP contribution in [-0.4, -0.2) is 23.2 Å².